The Kier molecular flexibility index (Phi) is 6.67. The molecule has 0 unspecified atom stereocenters. The molecule has 0 saturated carbocycles. The minimum absolute atomic E-state index is 0.0105. The first-order valence-corrected chi connectivity index (χ1v) is 9.31. The number of hydrogen-bond donors (Lipinski definition) is 1. The maximum absolute atomic E-state index is 11.9. The van der Waals surface area contributed by atoms with E-state index in [1.807, 2.05) is 6.92 Å². The van der Waals surface area contributed by atoms with Crippen LogP contribution in [-0.2, 0) is 4.79 Å². The lowest BCUT2D eigenvalue weighted by Gasteiger charge is -2.26. The van der Waals surface area contributed by atoms with Gasteiger partial charge in [-0.25, -0.2) is 10.4 Å². The van der Waals surface area contributed by atoms with E-state index in [9.17, 15) is 14.9 Å². The Hall–Kier alpha value is -3.56. The fourth-order valence-electron chi connectivity index (χ4n) is 2.87. The molecule has 1 aliphatic heterocycles. The zero-order valence-electron chi connectivity index (χ0n) is 16.1. The summed E-state index contributed by atoms with van der Waals surface area (Å²) >= 11 is 0. The van der Waals surface area contributed by atoms with Crippen LogP contribution in [0.1, 0.15) is 30.5 Å². The molecule has 1 aromatic heterocycles. The summed E-state index contributed by atoms with van der Waals surface area (Å²) in [4.78, 5) is 33.0. The monoisotopic (exact) mass is 398 g/mol. The highest BCUT2D eigenvalue weighted by molar-refractivity contribution is 5.83. The van der Waals surface area contributed by atoms with Gasteiger partial charge in [0.05, 0.1) is 11.1 Å². The third kappa shape index (κ3) is 5.96. The van der Waals surface area contributed by atoms with Crippen molar-refractivity contribution in [1.82, 2.24) is 15.4 Å². The van der Waals surface area contributed by atoms with Crippen LogP contribution in [0.3, 0.4) is 0 Å². The topological polar surface area (TPSA) is 123 Å². The molecule has 1 amide bonds. The second kappa shape index (κ2) is 9.58. The molecule has 29 heavy (non-hydrogen) atoms. The molecule has 3 rings (SSSR count). The summed E-state index contributed by atoms with van der Waals surface area (Å²) in [5.74, 6) is 0.517. The SMILES string of the molecule is Cc1cc(OCC(=O)NN=Cc2ccc([N+](=O)[O-])cc2)nc(N2CCCCC2)n1. The number of rotatable bonds is 7. The molecule has 1 aliphatic rings. The standard InChI is InChI=1S/C19H22N6O4/c1-14-11-18(22-19(21-14)24-9-3-2-4-10-24)29-13-17(26)23-20-12-15-5-7-16(8-6-15)25(27)28/h5-8,11-12H,2-4,9-10,13H2,1H3,(H,23,26). The van der Waals surface area contributed by atoms with Gasteiger partial charge in [-0.1, -0.05) is 0 Å². The number of nitrogens with zero attached hydrogens (tertiary/aromatic N) is 5. The summed E-state index contributed by atoms with van der Waals surface area (Å²) in [6.07, 6.45) is 4.84. The molecular weight excluding hydrogens is 376 g/mol. The molecule has 152 valence electrons. The average Bonchev–Trinajstić information content (AvgIpc) is 2.73. The van der Waals surface area contributed by atoms with E-state index >= 15 is 0 Å². The maximum atomic E-state index is 11.9. The quantitative estimate of drug-likeness (QED) is 0.431. The number of nitro benzene ring substituents is 1. The van der Waals surface area contributed by atoms with Gasteiger partial charge in [0.1, 0.15) is 0 Å². The highest BCUT2D eigenvalue weighted by Gasteiger charge is 2.15. The summed E-state index contributed by atoms with van der Waals surface area (Å²) in [6, 6.07) is 7.49. The number of hydrazone groups is 1. The first-order chi connectivity index (χ1) is 14.0. The van der Waals surface area contributed by atoms with Crippen LogP contribution in [0.25, 0.3) is 0 Å². The number of carbonyl (C=O) groups excluding carboxylic acids is 1. The van der Waals surface area contributed by atoms with E-state index in [1.54, 1.807) is 6.07 Å². The third-order valence-electron chi connectivity index (χ3n) is 4.32. The van der Waals surface area contributed by atoms with Crippen molar-refractivity contribution >= 4 is 23.8 Å². The van der Waals surface area contributed by atoms with Gasteiger partial charge in [-0.15, -0.1) is 0 Å². The van der Waals surface area contributed by atoms with Crippen LogP contribution in [0.2, 0.25) is 0 Å². The average molecular weight is 398 g/mol. The Morgan fingerprint density at radius 2 is 2.00 bits per heavy atom. The second-order valence-electron chi connectivity index (χ2n) is 6.63. The lowest BCUT2D eigenvalue weighted by molar-refractivity contribution is -0.384. The summed E-state index contributed by atoms with van der Waals surface area (Å²) in [5.41, 5.74) is 3.73. The van der Waals surface area contributed by atoms with E-state index in [4.69, 9.17) is 4.74 Å². The van der Waals surface area contributed by atoms with E-state index in [1.165, 1.54) is 36.9 Å². The lowest BCUT2D eigenvalue weighted by Crippen LogP contribution is -2.31. The van der Waals surface area contributed by atoms with E-state index in [0.29, 0.717) is 17.4 Å². The van der Waals surface area contributed by atoms with Gasteiger partial charge in [-0.3, -0.25) is 14.9 Å². The molecule has 0 spiro atoms. The summed E-state index contributed by atoms with van der Waals surface area (Å²) in [5, 5.41) is 14.4. The maximum Gasteiger partial charge on any atom is 0.278 e. The molecule has 2 heterocycles. The summed E-state index contributed by atoms with van der Waals surface area (Å²) < 4.78 is 5.49. The van der Waals surface area contributed by atoms with Gasteiger partial charge < -0.3 is 9.64 Å². The molecule has 10 heteroatoms. The Bertz CT molecular complexity index is 894. The molecule has 1 aromatic carbocycles. The third-order valence-corrected chi connectivity index (χ3v) is 4.32. The second-order valence-corrected chi connectivity index (χ2v) is 6.63. The van der Waals surface area contributed by atoms with Gasteiger partial charge in [0.25, 0.3) is 11.6 Å². The number of anilines is 1. The number of carbonyl (C=O) groups is 1. The predicted molar refractivity (Wildman–Crippen MR) is 107 cm³/mol. The molecule has 10 nitrogen and oxygen atoms in total. The lowest BCUT2D eigenvalue weighted by atomic mass is 10.1. The summed E-state index contributed by atoms with van der Waals surface area (Å²) in [6.45, 7) is 3.45. The number of ether oxygens (including phenoxy) is 1. The number of nitrogens with one attached hydrogen (secondary N) is 1. The van der Waals surface area contributed by atoms with Gasteiger partial charge in [-0.05, 0) is 43.9 Å². The van der Waals surface area contributed by atoms with Crippen LogP contribution in [0.4, 0.5) is 11.6 Å². The largest absolute Gasteiger partial charge is 0.467 e. The fourth-order valence-corrected chi connectivity index (χ4v) is 2.87. The van der Waals surface area contributed by atoms with Gasteiger partial charge in [0, 0.05) is 37.0 Å². The van der Waals surface area contributed by atoms with Crippen molar-refractivity contribution in [2.24, 2.45) is 5.10 Å². The molecule has 0 bridgehead atoms. The number of aryl methyl sites for hydroxylation is 1. The highest BCUT2D eigenvalue weighted by atomic mass is 16.6. The number of hydrogen-bond acceptors (Lipinski definition) is 8. The molecule has 0 aliphatic carbocycles. The summed E-state index contributed by atoms with van der Waals surface area (Å²) in [7, 11) is 0. The number of non-ortho nitro benzene ring substituents is 1. The zero-order chi connectivity index (χ0) is 20.6. The number of nitro groups is 1. The molecule has 0 radical (unpaired) electrons. The van der Waals surface area contributed by atoms with Crippen molar-refractivity contribution in [3.8, 4) is 5.88 Å². The van der Waals surface area contributed by atoms with Crippen molar-refractivity contribution in [1.29, 1.82) is 0 Å². The van der Waals surface area contributed by atoms with Gasteiger partial charge >= 0.3 is 0 Å². The Balaban J connectivity index is 1.51. The van der Waals surface area contributed by atoms with Gasteiger partial charge in [0.15, 0.2) is 6.61 Å². The highest BCUT2D eigenvalue weighted by Crippen LogP contribution is 2.19. The van der Waals surface area contributed by atoms with E-state index in [2.05, 4.69) is 25.4 Å². The molecule has 2 aromatic rings. The number of benzene rings is 1. The minimum atomic E-state index is -0.481. The molecule has 0 atom stereocenters. The fraction of sp³-hybridized carbons (Fsp3) is 0.368. The number of amides is 1. The predicted octanol–water partition coefficient (Wildman–Crippen LogP) is 2.21. The Morgan fingerprint density at radius 1 is 1.28 bits per heavy atom. The molecular formula is C19H22N6O4. The van der Waals surface area contributed by atoms with Crippen LogP contribution >= 0.6 is 0 Å². The normalized spacial score (nSPS) is 14.0. The minimum Gasteiger partial charge on any atom is -0.467 e. The molecule has 1 saturated heterocycles. The van der Waals surface area contributed by atoms with Crippen molar-refractivity contribution in [2.75, 3.05) is 24.6 Å². The van der Waals surface area contributed by atoms with E-state index in [0.717, 1.165) is 31.6 Å². The van der Waals surface area contributed by atoms with Crippen molar-refractivity contribution in [3.63, 3.8) is 0 Å². The van der Waals surface area contributed by atoms with Crippen molar-refractivity contribution in [2.45, 2.75) is 26.2 Å². The van der Waals surface area contributed by atoms with Crippen LogP contribution in [0.5, 0.6) is 5.88 Å². The van der Waals surface area contributed by atoms with Gasteiger partial charge in [-0.2, -0.15) is 10.1 Å². The van der Waals surface area contributed by atoms with E-state index in [-0.39, 0.29) is 12.3 Å². The number of piperidine rings is 1. The van der Waals surface area contributed by atoms with Crippen LogP contribution in [0, 0.1) is 17.0 Å². The zero-order valence-corrected chi connectivity index (χ0v) is 16.1. The first kappa shape index (κ1) is 20.2. The van der Waals surface area contributed by atoms with Crippen molar-refractivity contribution < 1.29 is 14.5 Å². The molecule has 1 N–H and O–H groups in total. The van der Waals surface area contributed by atoms with Crippen LogP contribution in [-0.4, -0.2) is 46.7 Å². The molecule has 1 fully saturated rings. The van der Waals surface area contributed by atoms with Crippen LogP contribution < -0.4 is 15.1 Å². The first-order valence-electron chi connectivity index (χ1n) is 9.31. The number of aromatic nitrogens is 2. The van der Waals surface area contributed by atoms with Gasteiger partial charge in [0.2, 0.25) is 11.8 Å². The van der Waals surface area contributed by atoms with Crippen molar-refractivity contribution in [3.05, 3.63) is 51.7 Å². The Labute approximate surface area is 167 Å². The van der Waals surface area contributed by atoms with Crippen LogP contribution in [0.15, 0.2) is 35.4 Å². The van der Waals surface area contributed by atoms with E-state index < -0.39 is 10.8 Å². The Morgan fingerprint density at radius 3 is 2.69 bits per heavy atom. The smallest absolute Gasteiger partial charge is 0.278 e.